The van der Waals surface area contributed by atoms with Crippen LogP contribution in [0.15, 0.2) is 0 Å². The van der Waals surface area contributed by atoms with Crippen molar-refractivity contribution in [2.24, 2.45) is 5.41 Å². The number of rotatable bonds is 3. The summed E-state index contributed by atoms with van der Waals surface area (Å²) in [6, 6.07) is 2.23. The van der Waals surface area contributed by atoms with Crippen molar-refractivity contribution in [3.05, 3.63) is 0 Å². The molecule has 1 rings (SSSR count). The topological polar surface area (TPSA) is 44.1 Å². The Labute approximate surface area is 102 Å². The molecule has 90 valence electrons. The zero-order valence-corrected chi connectivity index (χ0v) is 11.0. The molecule has 3 nitrogen and oxygen atoms in total. The van der Waals surface area contributed by atoms with Gasteiger partial charge in [0, 0.05) is 18.8 Å². The highest BCUT2D eigenvalue weighted by atomic mass is 32.2. The molecule has 0 radical (unpaired) electrons. The van der Waals surface area contributed by atoms with Crippen LogP contribution in [0.1, 0.15) is 33.1 Å². The van der Waals surface area contributed by atoms with Gasteiger partial charge in [-0.3, -0.25) is 4.79 Å². The third-order valence-electron chi connectivity index (χ3n) is 3.34. The summed E-state index contributed by atoms with van der Waals surface area (Å²) in [5.74, 6) is 2.17. The molecule has 1 fully saturated rings. The van der Waals surface area contributed by atoms with Crippen LogP contribution in [0.5, 0.6) is 0 Å². The Bertz CT molecular complexity index is 273. The lowest BCUT2D eigenvalue weighted by molar-refractivity contribution is -0.139. The van der Waals surface area contributed by atoms with E-state index in [9.17, 15) is 10.1 Å². The molecule has 1 saturated heterocycles. The maximum atomic E-state index is 12.4. The van der Waals surface area contributed by atoms with Gasteiger partial charge in [-0.05, 0) is 25.0 Å². The first-order chi connectivity index (χ1) is 7.70. The first-order valence-electron chi connectivity index (χ1n) is 5.98. The Morgan fingerprint density at radius 2 is 2.06 bits per heavy atom. The molecular formula is C12H20N2OS. The van der Waals surface area contributed by atoms with Crippen LogP contribution in [0, 0.1) is 16.7 Å². The molecule has 0 unspecified atom stereocenters. The van der Waals surface area contributed by atoms with Crippen LogP contribution in [0.2, 0.25) is 0 Å². The SMILES string of the molecule is CCC(C#N)(CC)C(=O)N1CCCSCC1. The minimum absolute atomic E-state index is 0.0440. The molecule has 0 atom stereocenters. The van der Waals surface area contributed by atoms with E-state index in [0.29, 0.717) is 12.8 Å². The number of thioether (sulfide) groups is 1. The lowest BCUT2D eigenvalue weighted by atomic mass is 9.82. The van der Waals surface area contributed by atoms with Gasteiger partial charge < -0.3 is 4.90 Å². The molecule has 0 bridgehead atoms. The number of nitrogens with zero attached hydrogens (tertiary/aromatic N) is 2. The second-order valence-corrected chi connectivity index (χ2v) is 5.38. The summed E-state index contributed by atoms with van der Waals surface area (Å²) < 4.78 is 0. The van der Waals surface area contributed by atoms with Crippen LogP contribution in [-0.4, -0.2) is 35.4 Å². The maximum Gasteiger partial charge on any atom is 0.243 e. The summed E-state index contributed by atoms with van der Waals surface area (Å²) in [5, 5.41) is 9.25. The Balaban J connectivity index is 2.77. The van der Waals surface area contributed by atoms with Gasteiger partial charge >= 0.3 is 0 Å². The summed E-state index contributed by atoms with van der Waals surface area (Å²) in [5.41, 5.74) is -0.783. The number of nitriles is 1. The van der Waals surface area contributed by atoms with Gasteiger partial charge in [-0.25, -0.2) is 0 Å². The average molecular weight is 240 g/mol. The highest BCUT2D eigenvalue weighted by Gasteiger charge is 2.38. The van der Waals surface area contributed by atoms with Gasteiger partial charge in [0.25, 0.3) is 0 Å². The molecule has 1 amide bonds. The van der Waals surface area contributed by atoms with E-state index in [1.807, 2.05) is 30.5 Å². The van der Waals surface area contributed by atoms with Gasteiger partial charge in [-0.1, -0.05) is 13.8 Å². The second-order valence-electron chi connectivity index (χ2n) is 4.16. The monoisotopic (exact) mass is 240 g/mol. The molecule has 1 aliphatic heterocycles. The van der Waals surface area contributed by atoms with Gasteiger partial charge in [0.05, 0.1) is 6.07 Å². The van der Waals surface area contributed by atoms with Gasteiger partial charge in [0.2, 0.25) is 5.91 Å². The van der Waals surface area contributed by atoms with E-state index in [1.165, 1.54) is 0 Å². The normalized spacial score (nSPS) is 17.7. The smallest absolute Gasteiger partial charge is 0.243 e. The summed E-state index contributed by atoms with van der Waals surface area (Å²) in [6.07, 6.45) is 2.27. The summed E-state index contributed by atoms with van der Waals surface area (Å²) in [7, 11) is 0. The lowest BCUT2D eigenvalue weighted by Gasteiger charge is -2.30. The fourth-order valence-corrected chi connectivity index (χ4v) is 2.90. The molecule has 0 saturated carbocycles. The van der Waals surface area contributed by atoms with Crippen LogP contribution < -0.4 is 0 Å². The molecular weight excluding hydrogens is 220 g/mol. The van der Waals surface area contributed by atoms with Crippen LogP contribution in [-0.2, 0) is 4.79 Å². The first-order valence-corrected chi connectivity index (χ1v) is 7.14. The predicted molar refractivity (Wildman–Crippen MR) is 67.2 cm³/mol. The Morgan fingerprint density at radius 1 is 1.38 bits per heavy atom. The zero-order chi connectivity index (χ0) is 12.0. The van der Waals surface area contributed by atoms with E-state index in [-0.39, 0.29) is 5.91 Å². The molecule has 0 aromatic carbocycles. The number of hydrogen-bond donors (Lipinski definition) is 0. The van der Waals surface area contributed by atoms with Crippen LogP contribution in [0.25, 0.3) is 0 Å². The van der Waals surface area contributed by atoms with Crippen molar-refractivity contribution in [1.29, 1.82) is 5.26 Å². The standard InChI is InChI=1S/C12H20N2OS/c1-3-12(4-2,10-13)11(15)14-6-5-8-16-9-7-14/h3-9H2,1-2H3. The Kier molecular flexibility index (Phi) is 5.14. The quantitative estimate of drug-likeness (QED) is 0.760. The molecule has 0 aliphatic carbocycles. The number of carbonyl (C=O) groups is 1. The predicted octanol–water partition coefficient (Wildman–Crippen LogP) is 2.28. The van der Waals surface area contributed by atoms with Gasteiger partial charge in [0.1, 0.15) is 5.41 Å². The molecule has 1 aliphatic rings. The fourth-order valence-electron chi connectivity index (χ4n) is 2.01. The maximum absolute atomic E-state index is 12.4. The summed E-state index contributed by atoms with van der Waals surface area (Å²) >= 11 is 1.89. The molecule has 0 aromatic rings. The van der Waals surface area contributed by atoms with E-state index in [4.69, 9.17) is 0 Å². The molecule has 1 heterocycles. The average Bonchev–Trinajstić information content (AvgIpc) is 2.60. The largest absolute Gasteiger partial charge is 0.340 e. The van der Waals surface area contributed by atoms with Crippen molar-refractivity contribution in [3.8, 4) is 6.07 Å². The van der Waals surface area contributed by atoms with Crippen molar-refractivity contribution in [1.82, 2.24) is 4.90 Å². The van der Waals surface area contributed by atoms with E-state index in [2.05, 4.69) is 6.07 Å². The summed E-state index contributed by atoms with van der Waals surface area (Å²) in [6.45, 7) is 5.47. The van der Waals surface area contributed by atoms with E-state index in [1.54, 1.807) is 0 Å². The minimum Gasteiger partial charge on any atom is -0.340 e. The zero-order valence-electron chi connectivity index (χ0n) is 10.2. The van der Waals surface area contributed by atoms with Gasteiger partial charge in [-0.15, -0.1) is 0 Å². The molecule has 0 aromatic heterocycles. The van der Waals surface area contributed by atoms with Crippen LogP contribution in [0.4, 0.5) is 0 Å². The van der Waals surface area contributed by atoms with Gasteiger partial charge in [0.15, 0.2) is 0 Å². The first kappa shape index (κ1) is 13.4. The number of amides is 1. The third kappa shape index (κ3) is 2.70. The van der Waals surface area contributed by atoms with E-state index in [0.717, 1.165) is 31.0 Å². The number of carbonyl (C=O) groups excluding carboxylic acids is 1. The molecule has 0 spiro atoms. The van der Waals surface area contributed by atoms with Crippen molar-refractivity contribution in [3.63, 3.8) is 0 Å². The van der Waals surface area contributed by atoms with E-state index < -0.39 is 5.41 Å². The highest BCUT2D eigenvalue weighted by molar-refractivity contribution is 7.99. The molecule has 0 N–H and O–H groups in total. The van der Waals surface area contributed by atoms with Crippen LogP contribution in [0.3, 0.4) is 0 Å². The third-order valence-corrected chi connectivity index (χ3v) is 4.39. The van der Waals surface area contributed by atoms with Crippen molar-refractivity contribution >= 4 is 17.7 Å². The van der Waals surface area contributed by atoms with Crippen molar-refractivity contribution in [2.75, 3.05) is 24.6 Å². The molecule has 16 heavy (non-hydrogen) atoms. The molecule has 4 heteroatoms. The Morgan fingerprint density at radius 3 is 2.62 bits per heavy atom. The Hall–Kier alpha value is -0.690. The van der Waals surface area contributed by atoms with Crippen LogP contribution >= 0.6 is 11.8 Å². The van der Waals surface area contributed by atoms with E-state index >= 15 is 0 Å². The minimum atomic E-state index is -0.783. The van der Waals surface area contributed by atoms with Crippen molar-refractivity contribution < 1.29 is 4.79 Å². The lowest BCUT2D eigenvalue weighted by Crippen LogP contribution is -2.43. The fraction of sp³-hybridized carbons (Fsp3) is 0.833. The summed E-state index contributed by atoms with van der Waals surface area (Å²) in [4.78, 5) is 14.2. The van der Waals surface area contributed by atoms with Gasteiger partial charge in [-0.2, -0.15) is 17.0 Å². The highest BCUT2D eigenvalue weighted by Crippen LogP contribution is 2.29. The number of hydrogen-bond acceptors (Lipinski definition) is 3. The second kappa shape index (κ2) is 6.15. The van der Waals surface area contributed by atoms with Crippen molar-refractivity contribution in [2.45, 2.75) is 33.1 Å².